The van der Waals surface area contributed by atoms with Gasteiger partial charge in [0.1, 0.15) is 6.26 Å². The van der Waals surface area contributed by atoms with Gasteiger partial charge in [0.05, 0.1) is 6.04 Å². The number of ether oxygens (including phenoxy) is 2. The van der Waals surface area contributed by atoms with Crippen LogP contribution >= 0.6 is 0 Å². The third-order valence-electron chi connectivity index (χ3n) is 3.74. The van der Waals surface area contributed by atoms with Gasteiger partial charge in [-0.2, -0.15) is 0 Å². The van der Waals surface area contributed by atoms with Crippen LogP contribution in [0.15, 0.2) is 28.9 Å². The number of amides is 1. The van der Waals surface area contributed by atoms with Crippen LogP contribution in [0, 0.1) is 0 Å². The maximum atomic E-state index is 12.2. The van der Waals surface area contributed by atoms with Crippen molar-refractivity contribution >= 4 is 11.6 Å². The predicted molar refractivity (Wildman–Crippen MR) is 77.0 cm³/mol. The zero-order valence-electron chi connectivity index (χ0n) is 11.8. The molecular weight excluding hydrogens is 286 g/mol. The number of rotatable bonds is 3. The minimum Gasteiger partial charge on any atom is -0.454 e. The molecule has 2 aliphatic heterocycles. The maximum absolute atomic E-state index is 12.2. The second-order valence-corrected chi connectivity index (χ2v) is 5.24. The Bertz CT molecular complexity index is 707. The molecule has 114 valence electrons. The number of hydrogen-bond acceptors (Lipinski definition) is 6. The van der Waals surface area contributed by atoms with Crippen LogP contribution in [0.3, 0.4) is 0 Å². The van der Waals surface area contributed by atoms with Crippen molar-refractivity contribution in [3.8, 4) is 11.5 Å². The summed E-state index contributed by atoms with van der Waals surface area (Å²) in [4.78, 5) is 16.5. The van der Waals surface area contributed by atoms with Crippen LogP contribution < -0.4 is 20.1 Å². The van der Waals surface area contributed by atoms with E-state index in [1.807, 2.05) is 0 Å². The van der Waals surface area contributed by atoms with E-state index >= 15 is 0 Å². The lowest BCUT2D eigenvalue weighted by Crippen LogP contribution is -2.15. The molecule has 2 aromatic rings. The van der Waals surface area contributed by atoms with E-state index in [-0.39, 0.29) is 24.4 Å². The van der Waals surface area contributed by atoms with Crippen LogP contribution in [-0.4, -0.2) is 24.2 Å². The first-order chi connectivity index (χ1) is 10.8. The molecule has 1 atom stereocenters. The molecule has 1 aromatic carbocycles. The molecule has 1 unspecified atom stereocenters. The first-order valence-electron chi connectivity index (χ1n) is 7.19. The molecule has 7 heteroatoms. The number of hydrogen-bond donors (Lipinski definition) is 2. The Labute approximate surface area is 126 Å². The number of benzene rings is 1. The summed E-state index contributed by atoms with van der Waals surface area (Å²) in [6.45, 7) is 1.15. The molecule has 4 rings (SSSR count). The second-order valence-electron chi connectivity index (χ2n) is 5.24. The van der Waals surface area contributed by atoms with Crippen molar-refractivity contribution in [1.29, 1.82) is 0 Å². The SMILES string of the molecule is O=C(Nc1ccc2c(c1)OCO2)c1coc(C2CCCN2)n1. The summed E-state index contributed by atoms with van der Waals surface area (Å²) < 4.78 is 15.9. The van der Waals surface area contributed by atoms with Gasteiger partial charge in [-0.25, -0.2) is 4.98 Å². The van der Waals surface area contributed by atoms with E-state index in [0.29, 0.717) is 23.1 Å². The van der Waals surface area contributed by atoms with Gasteiger partial charge in [0.2, 0.25) is 12.7 Å². The molecule has 0 bridgehead atoms. The van der Waals surface area contributed by atoms with Gasteiger partial charge in [0.15, 0.2) is 17.2 Å². The third-order valence-corrected chi connectivity index (χ3v) is 3.74. The fourth-order valence-corrected chi connectivity index (χ4v) is 2.62. The molecule has 0 spiro atoms. The molecule has 1 fully saturated rings. The Hall–Kier alpha value is -2.54. The number of carbonyl (C=O) groups excluding carboxylic acids is 1. The normalized spacial score (nSPS) is 19.4. The molecule has 0 aliphatic carbocycles. The van der Waals surface area contributed by atoms with Gasteiger partial charge in [0, 0.05) is 11.8 Å². The van der Waals surface area contributed by atoms with Gasteiger partial charge in [-0.1, -0.05) is 0 Å². The lowest BCUT2D eigenvalue weighted by atomic mass is 10.2. The first kappa shape index (κ1) is 13.1. The number of nitrogens with one attached hydrogen (secondary N) is 2. The Morgan fingerprint density at radius 3 is 3.09 bits per heavy atom. The Kier molecular flexibility index (Phi) is 3.19. The highest BCUT2D eigenvalue weighted by Crippen LogP contribution is 2.34. The second kappa shape index (κ2) is 5.34. The van der Waals surface area contributed by atoms with Crippen molar-refractivity contribution in [3.63, 3.8) is 0 Å². The molecule has 7 nitrogen and oxygen atoms in total. The zero-order valence-corrected chi connectivity index (χ0v) is 11.8. The first-order valence-corrected chi connectivity index (χ1v) is 7.19. The highest BCUT2D eigenvalue weighted by Gasteiger charge is 2.23. The number of fused-ring (bicyclic) bond motifs is 1. The van der Waals surface area contributed by atoms with Crippen molar-refractivity contribution in [2.75, 3.05) is 18.7 Å². The average molecular weight is 301 g/mol. The zero-order chi connectivity index (χ0) is 14.9. The summed E-state index contributed by atoms with van der Waals surface area (Å²) in [5.41, 5.74) is 0.888. The summed E-state index contributed by atoms with van der Waals surface area (Å²) in [6.07, 6.45) is 3.45. The monoisotopic (exact) mass is 301 g/mol. The largest absolute Gasteiger partial charge is 0.454 e. The van der Waals surface area contributed by atoms with Crippen molar-refractivity contribution in [2.24, 2.45) is 0 Å². The number of oxazole rings is 1. The van der Waals surface area contributed by atoms with Gasteiger partial charge in [-0.05, 0) is 31.5 Å². The van der Waals surface area contributed by atoms with Crippen LogP contribution in [-0.2, 0) is 0 Å². The quantitative estimate of drug-likeness (QED) is 0.902. The van der Waals surface area contributed by atoms with E-state index in [1.54, 1.807) is 18.2 Å². The standard InChI is InChI=1S/C15H15N3O4/c19-14(11-7-20-15(18-11)10-2-1-5-16-10)17-9-3-4-12-13(6-9)22-8-21-12/h3-4,6-7,10,16H,1-2,5,8H2,(H,17,19). The van der Waals surface area contributed by atoms with Crippen LogP contribution in [0.5, 0.6) is 11.5 Å². The van der Waals surface area contributed by atoms with Gasteiger partial charge in [0.25, 0.3) is 5.91 Å². The van der Waals surface area contributed by atoms with Gasteiger partial charge >= 0.3 is 0 Å². The summed E-state index contributed by atoms with van der Waals surface area (Å²) in [5, 5.41) is 6.06. The highest BCUT2D eigenvalue weighted by atomic mass is 16.7. The van der Waals surface area contributed by atoms with Crippen LogP contribution in [0.1, 0.15) is 35.3 Å². The molecule has 2 aliphatic rings. The minimum atomic E-state index is -0.313. The maximum Gasteiger partial charge on any atom is 0.277 e. The number of anilines is 1. The molecule has 2 N–H and O–H groups in total. The van der Waals surface area contributed by atoms with Crippen molar-refractivity contribution in [3.05, 3.63) is 36.0 Å². The molecule has 1 aromatic heterocycles. The average Bonchev–Trinajstić information content (AvgIpc) is 3.26. The van der Waals surface area contributed by atoms with Crippen molar-refractivity contribution in [2.45, 2.75) is 18.9 Å². The molecule has 0 saturated carbocycles. The van der Waals surface area contributed by atoms with Crippen molar-refractivity contribution < 1.29 is 18.7 Å². The fourth-order valence-electron chi connectivity index (χ4n) is 2.62. The van der Waals surface area contributed by atoms with Crippen LogP contribution in [0.25, 0.3) is 0 Å². The molecule has 1 amide bonds. The van der Waals surface area contributed by atoms with E-state index < -0.39 is 0 Å². The number of carbonyl (C=O) groups is 1. The molecule has 22 heavy (non-hydrogen) atoms. The number of aromatic nitrogens is 1. The van der Waals surface area contributed by atoms with E-state index in [2.05, 4.69) is 15.6 Å². The minimum absolute atomic E-state index is 0.104. The summed E-state index contributed by atoms with van der Waals surface area (Å²) in [7, 11) is 0. The molecule has 3 heterocycles. The fraction of sp³-hybridized carbons (Fsp3) is 0.333. The summed E-state index contributed by atoms with van der Waals surface area (Å²) >= 11 is 0. The van der Waals surface area contributed by atoms with Crippen LogP contribution in [0.2, 0.25) is 0 Å². The van der Waals surface area contributed by atoms with E-state index in [0.717, 1.165) is 19.4 Å². The third kappa shape index (κ3) is 2.39. The highest BCUT2D eigenvalue weighted by molar-refractivity contribution is 6.02. The van der Waals surface area contributed by atoms with Crippen molar-refractivity contribution in [1.82, 2.24) is 10.3 Å². The van der Waals surface area contributed by atoms with Gasteiger partial charge < -0.3 is 24.5 Å². The Morgan fingerprint density at radius 2 is 2.23 bits per heavy atom. The van der Waals surface area contributed by atoms with Gasteiger partial charge in [-0.3, -0.25) is 4.79 Å². The van der Waals surface area contributed by atoms with Gasteiger partial charge in [-0.15, -0.1) is 0 Å². The van der Waals surface area contributed by atoms with E-state index in [4.69, 9.17) is 13.9 Å². The summed E-state index contributed by atoms with van der Waals surface area (Å²) in [5.74, 6) is 1.54. The molecule has 0 radical (unpaired) electrons. The molecule has 1 saturated heterocycles. The smallest absolute Gasteiger partial charge is 0.277 e. The molecular formula is C15H15N3O4. The lowest BCUT2D eigenvalue weighted by molar-refractivity contribution is 0.102. The Morgan fingerprint density at radius 1 is 1.32 bits per heavy atom. The summed E-state index contributed by atoms with van der Waals surface area (Å²) in [6, 6.07) is 5.34. The van der Waals surface area contributed by atoms with E-state index in [9.17, 15) is 4.79 Å². The van der Waals surface area contributed by atoms with E-state index in [1.165, 1.54) is 6.26 Å². The predicted octanol–water partition coefficient (Wildman–Crippen LogP) is 2.08. The lowest BCUT2D eigenvalue weighted by Gasteiger charge is -2.04. The van der Waals surface area contributed by atoms with Crippen LogP contribution in [0.4, 0.5) is 5.69 Å². The number of nitrogens with zero attached hydrogens (tertiary/aromatic N) is 1. The Balaban J connectivity index is 1.47. The topological polar surface area (TPSA) is 85.6 Å².